The Labute approximate surface area is 183 Å². The SMILES string of the molecule is CCOCc1c(C(=O)NCc2cncn2C)cnn1-c1ncc(C)c(-c2ccsc2)n1. The van der Waals surface area contributed by atoms with Crippen LogP contribution in [0, 0.1) is 6.92 Å². The molecule has 0 saturated carbocycles. The highest BCUT2D eigenvalue weighted by molar-refractivity contribution is 7.08. The first-order valence-electron chi connectivity index (χ1n) is 9.83. The number of hydrogen-bond donors (Lipinski definition) is 1. The van der Waals surface area contributed by atoms with E-state index in [1.54, 1.807) is 34.7 Å². The van der Waals surface area contributed by atoms with Gasteiger partial charge in [0, 0.05) is 37.0 Å². The van der Waals surface area contributed by atoms with Gasteiger partial charge in [0.05, 0.1) is 48.3 Å². The Morgan fingerprint density at radius 2 is 2.16 bits per heavy atom. The van der Waals surface area contributed by atoms with Gasteiger partial charge in [-0.05, 0) is 30.9 Å². The first-order chi connectivity index (χ1) is 15.1. The molecule has 0 fully saturated rings. The van der Waals surface area contributed by atoms with Crippen molar-refractivity contribution < 1.29 is 9.53 Å². The molecular weight excluding hydrogens is 414 g/mol. The highest BCUT2D eigenvalue weighted by Gasteiger charge is 2.21. The Hall–Kier alpha value is -3.37. The molecule has 0 aromatic carbocycles. The maximum absolute atomic E-state index is 12.9. The number of carbonyl (C=O) groups excluding carboxylic acids is 1. The lowest BCUT2D eigenvalue weighted by Crippen LogP contribution is -2.25. The quantitative estimate of drug-likeness (QED) is 0.455. The van der Waals surface area contributed by atoms with Crippen LogP contribution in [0.1, 0.15) is 34.2 Å². The lowest BCUT2D eigenvalue weighted by Gasteiger charge is -2.11. The lowest BCUT2D eigenvalue weighted by molar-refractivity contribution is 0.0938. The Bertz CT molecular complexity index is 1180. The average molecular weight is 438 g/mol. The van der Waals surface area contributed by atoms with Gasteiger partial charge >= 0.3 is 0 Å². The molecule has 1 amide bonds. The molecule has 0 unspecified atom stereocenters. The molecule has 0 bridgehead atoms. The van der Waals surface area contributed by atoms with Crippen molar-refractivity contribution in [1.82, 2.24) is 34.6 Å². The van der Waals surface area contributed by atoms with Crippen LogP contribution >= 0.6 is 11.3 Å². The molecule has 4 rings (SSSR count). The van der Waals surface area contributed by atoms with Gasteiger partial charge in [0.1, 0.15) is 0 Å². The van der Waals surface area contributed by atoms with Gasteiger partial charge in [0.25, 0.3) is 11.9 Å². The molecule has 9 nitrogen and oxygen atoms in total. The van der Waals surface area contributed by atoms with Crippen molar-refractivity contribution >= 4 is 17.2 Å². The number of imidazole rings is 1. The van der Waals surface area contributed by atoms with Gasteiger partial charge in [-0.25, -0.2) is 15.0 Å². The molecule has 0 spiro atoms. The van der Waals surface area contributed by atoms with E-state index in [2.05, 4.69) is 20.4 Å². The van der Waals surface area contributed by atoms with Crippen LogP contribution in [0.15, 0.2) is 41.7 Å². The maximum atomic E-state index is 12.9. The molecule has 4 aromatic rings. The highest BCUT2D eigenvalue weighted by Crippen LogP contribution is 2.24. The number of carbonyl (C=O) groups is 1. The van der Waals surface area contributed by atoms with Gasteiger partial charge in [-0.3, -0.25) is 4.79 Å². The fraction of sp³-hybridized carbons (Fsp3) is 0.286. The predicted molar refractivity (Wildman–Crippen MR) is 117 cm³/mol. The Morgan fingerprint density at radius 3 is 2.87 bits per heavy atom. The van der Waals surface area contributed by atoms with E-state index in [0.29, 0.717) is 30.4 Å². The van der Waals surface area contributed by atoms with E-state index in [0.717, 1.165) is 22.5 Å². The van der Waals surface area contributed by atoms with Crippen LogP contribution in [0.25, 0.3) is 17.2 Å². The van der Waals surface area contributed by atoms with Crippen molar-refractivity contribution in [3.63, 3.8) is 0 Å². The van der Waals surface area contributed by atoms with Crippen LogP contribution in [0.3, 0.4) is 0 Å². The average Bonchev–Trinajstić information content (AvgIpc) is 3.52. The zero-order valence-corrected chi connectivity index (χ0v) is 18.4. The molecular formula is C21H23N7O2S. The number of thiophene rings is 1. The molecule has 31 heavy (non-hydrogen) atoms. The van der Waals surface area contributed by atoms with Gasteiger partial charge in [-0.15, -0.1) is 0 Å². The van der Waals surface area contributed by atoms with Crippen LogP contribution in [0.2, 0.25) is 0 Å². The summed E-state index contributed by atoms with van der Waals surface area (Å²) in [5, 5.41) is 11.4. The highest BCUT2D eigenvalue weighted by atomic mass is 32.1. The molecule has 10 heteroatoms. The summed E-state index contributed by atoms with van der Waals surface area (Å²) in [7, 11) is 1.88. The van der Waals surface area contributed by atoms with E-state index in [1.165, 1.54) is 6.20 Å². The second-order valence-corrected chi connectivity index (χ2v) is 7.73. The van der Waals surface area contributed by atoms with Crippen molar-refractivity contribution in [3.05, 3.63) is 64.3 Å². The summed E-state index contributed by atoms with van der Waals surface area (Å²) >= 11 is 1.61. The zero-order valence-electron chi connectivity index (χ0n) is 17.6. The predicted octanol–water partition coefficient (Wildman–Crippen LogP) is 2.90. The minimum absolute atomic E-state index is 0.218. The Balaban J connectivity index is 1.66. The van der Waals surface area contributed by atoms with E-state index < -0.39 is 0 Å². The molecule has 4 aromatic heterocycles. The van der Waals surface area contributed by atoms with Gasteiger partial charge in [-0.2, -0.15) is 21.1 Å². The van der Waals surface area contributed by atoms with E-state index in [4.69, 9.17) is 9.72 Å². The number of hydrogen-bond acceptors (Lipinski definition) is 7. The molecule has 0 atom stereocenters. The first-order valence-corrected chi connectivity index (χ1v) is 10.8. The third-order valence-electron chi connectivity index (χ3n) is 4.85. The number of aromatic nitrogens is 6. The van der Waals surface area contributed by atoms with Crippen LogP contribution < -0.4 is 5.32 Å². The summed E-state index contributed by atoms with van der Waals surface area (Å²) in [6.45, 7) is 4.96. The van der Waals surface area contributed by atoms with Gasteiger partial charge in [0.2, 0.25) is 0 Å². The van der Waals surface area contributed by atoms with Crippen molar-refractivity contribution in [2.45, 2.75) is 27.0 Å². The topological polar surface area (TPSA) is 99.8 Å². The monoisotopic (exact) mass is 437 g/mol. The number of ether oxygens (including phenoxy) is 1. The Kier molecular flexibility index (Phi) is 6.19. The summed E-state index contributed by atoms with van der Waals surface area (Å²) in [4.78, 5) is 26.1. The van der Waals surface area contributed by atoms with Crippen LogP contribution in [0.5, 0.6) is 0 Å². The van der Waals surface area contributed by atoms with Gasteiger partial charge < -0.3 is 14.6 Å². The molecule has 1 N–H and O–H groups in total. The van der Waals surface area contributed by atoms with E-state index in [1.807, 2.05) is 42.3 Å². The third kappa shape index (κ3) is 4.39. The third-order valence-corrected chi connectivity index (χ3v) is 5.53. The largest absolute Gasteiger partial charge is 0.375 e. The Morgan fingerprint density at radius 1 is 1.29 bits per heavy atom. The molecule has 4 heterocycles. The summed E-state index contributed by atoms with van der Waals surface area (Å²) in [6, 6.07) is 2.02. The molecule has 0 saturated heterocycles. The van der Waals surface area contributed by atoms with Crippen molar-refractivity contribution in [3.8, 4) is 17.2 Å². The van der Waals surface area contributed by atoms with Gasteiger partial charge in [0.15, 0.2) is 0 Å². The maximum Gasteiger partial charge on any atom is 0.255 e. The normalized spacial score (nSPS) is 11.1. The fourth-order valence-electron chi connectivity index (χ4n) is 3.12. The standard InChI is InChI=1S/C21H23N7O2S/c1-4-30-11-18-17(20(29)23-9-16-8-22-13-27(16)3)10-25-28(18)21-24-7-14(2)19(26-21)15-5-6-31-12-15/h5-8,10,12-13H,4,9,11H2,1-3H3,(H,23,29). The number of nitrogens with one attached hydrogen (secondary N) is 1. The first kappa shape index (κ1) is 20.9. The number of nitrogens with zero attached hydrogens (tertiary/aromatic N) is 6. The minimum atomic E-state index is -0.243. The fourth-order valence-corrected chi connectivity index (χ4v) is 3.76. The second-order valence-electron chi connectivity index (χ2n) is 6.95. The molecule has 0 aliphatic rings. The van der Waals surface area contributed by atoms with Crippen molar-refractivity contribution in [2.24, 2.45) is 7.05 Å². The summed E-state index contributed by atoms with van der Waals surface area (Å²) in [6.07, 6.45) is 6.71. The van der Waals surface area contributed by atoms with Gasteiger partial charge in [-0.1, -0.05) is 0 Å². The molecule has 160 valence electrons. The van der Waals surface area contributed by atoms with Crippen LogP contribution in [0.4, 0.5) is 0 Å². The molecule has 0 aliphatic heterocycles. The van der Waals surface area contributed by atoms with Crippen LogP contribution in [-0.4, -0.2) is 41.8 Å². The van der Waals surface area contributed by atoms with Crippen LogP contribution in [-0.2, 0) is 24.9 Å². The molecule has 0 aliphatic carbocycles. The number of rotatable bonds is 8. The smallest absolute Gasteiger partial charge is 0.255 e. The van der Waals surface area contributed by atoms with Crippen molar-refractivity contribution in [2.75, 3.05) is 6.61 Å². The van der Waals surface area contributed by atoms with Crippen molar-refractivity contribution in [1.29, 1.82) is 0 Å². The lowest BCUT2D eigenvalue weighted by atomic mass is 10.1. The van der Waals surface area contributed by atoms with E-state index in [9.17, 15) is 4.79 Å². The summed E-state index contributed by atoms with van der Waals surface area (Å²) < 4.78 is 9.05. The minimum Gasteiger partial charge on any atom is -0.375 e. The summed E-state index contributed by atoms with van der Waals surface area (Å²) in [5.74, 6) is 0.152. The molecule has 0 radical (unpaired) electrons. The number of aryl methyl sites for hydroxylation is 2. The number of amides is 1. The van der Waals surface area contributed by atoms with E-state index >= 15 is 0 Å². The second kappa shape index (κ2) is 9.19. The summed E-state index contributed by atoms with van der Waals surface area (Å²) in [5.41, 5.74) is 4.76. The zero-order chi connectivity index (χ0) is 21.8. The van der Waals surface area contributed by atoms with E-state index in [-0.39, 0.29) is 12.5 Å².